The van der Waals surface area contributed by atoms with Crippen molar-refractivity contribution < 1.29 is 56.9 Å². The Labute approximate surface area is 339 Å². The molecule has 0 aromatic heterocycles. The monoisotopic (exact) mass is 796 g/mol. The van der Waals surface area contributed by atoms with E-state index in [1.807, 2.05) is 125 Å². The first-order valence-corrected chi connectivity index (χ1v) is 19.9. The lowest BCUT2D eigenvalue weighted by Crippen LogP contribution is -2.63. The van der Waals surface area contributed by atoms with E-state index in [2.05, 4.69) is 0 Å². The van der Waals surface area contributed by atoms with Crippen molar-refractivity contribution in [3.8, 4) is 0 Å². The van der Waals surface area contributed by atoms with Crippen molar-refractivity contribution in [2.75, 3.05) is 13.2 Å². The summed E-state index contributed by atoms with van der Waals surface area (Å²) in [6.07, 6.45) is -7.54. The topological polar surface area (TPSA) is 119 Å². The maximum Gasteiger partial charge on any atom is 0.338 e. The number of rotatable bonds is 15. The number of hydrogen-bond donors (Lipinski definition) is 0. The molecule has 4 heterocycles. The second-order valence-corrected chi connectivity index (χ2v) is 15.8. The molecular formula is C46H52O12. The molecule has 4 saturated heterocycles. The lowest BCUT2D eigenvalue weighted by molar-refractivity contribution is -0.328. The molecule has 0 radical (unpaired) electrons. The van der Waals surface area contributed by atoms with Gasteiger partial charge in [-0.15, -0.1) is 0 Å². The fourth-order valence-corrected chi connectivity index (χ4v) is 7.85. The minimum Gasteiger partial charge on any atom is -0.450 e. The third-order valence-electron chi connectivity index (χ3n) is 10.5. The summed E-state index contributed by atoms with van der Waals surface area (Å²) >= 11 is 0. The molecule has 0 spiro atoms. The summed E-state index contributed by atoms with van der Waals surface area (Å²) in [5.74, 6) is -2.36. The zero-order chi connectivity index (χ0) is 40.1. The average Bonchev–Trinajstić information content (AvgIpc) is 3.74. The van der Waals surface area contributed by atoms with Crippen molar-refractivity contribution in [3.63, 3.8) is 0 Å². The Balaban J connectivity index is 1.11. The van der Waals surface area contributed by atoms with Gasteiger partial charge in [0.1, 0.15) is 42.7 Å². The molecule has 0 N–H and O–H groups in total. The molecule has 0 amide bonds. The van der Waals surface area contributed by atoms with Crippen LogP contribution in [0.15, 0.2) is 121 Å². The van der Waals surface area contributed by atoms with Gasteiger partial charge in [-0.2, -0.15) is 0 Å². The fourth-order valence-electron chi connectivity index (χ4n) is 7.85. The van der Waals surface area contributed by atoms with Gasteiger partial charge in [-0.05, 0) is 56.5 Å². The highest BCUT2D eigenvalue weighted by Crippen LogP contribution is 2.44. The van der Waals surface area contributed by atoms with Crippen LogP contribution in [0.5, 0.6) is 0 Å². The lowest BCUT2D eigenvalue weighted by Gasteiger charge is -2.46. The highest BCUT2D eigenvalue weighted by atomic mass is 16.9. The Morgan fingerprint density at radius 1 is 0.517 bits per heavy atom. The van der Waals surface area contributed by atoms with Crippen LogP contribution in [0, 0.1) is 0 Å². The third kappa shape index (κ3) is 9.86. The molecule has 12 heteroatoms. The zero-order valence-corrected chi connectivity index (χ0v) is 33.3. The molecule has 0 unspecified atom stereocenters. The fraction of sp³-hybridized carbons (Fsp3) is 0.457. The van der Waals surface area contributed by atoms with Gasteiger partial charge in [-0.25, -0.2) is 4.79 Å². The molecule has 4 aromatic carbocycles. The highest BCUT2D eigenvalue weighted by molar-refractivity contribution is 5.89. The number of hydrogen-bond acceptors (Lipinski definition) is 12. The Bertz CT molecular complexity index is 1900. The second kappa shape index (κ2) is 18.1. The van der Waals surface area contributed by atoms with Crippen molar-refractivity contribution >= 4 is 5.97 Å². The number of carbonyl (C=O) groups excluding carboxylic acids is 1. The third-order valence-corrected chi connectivity index (χ3v) is 10.5. The van der Waals surface area contributed by atoms with Gasteiger partial charge < -0.3 is 52.1 Å². The van der Waals surface area contributed by atoms with Gasteiger partial charge in [0.15, 0.2) is 30.3 Å². The van der Waals surface area contributed by atoms with Crippen LogP contribution < -0.4 is 0 Å². The number of esters is 1. The van der Waals surface area contributed by atoms with E-state index in [1.54, 1.807) is 24.3 Å². The van der Waals surface area contributed by atoms with Crippen LogP contribution in [0.1, 0.15) is 54.7 Å². The van der Waals surface area contributed by atoms with Crippen molar-refractivity contribution in [1.82, 2.24) is 0 Å². The van der Waals surface area contributed by atoms with Crippen molar-refractivity contribution in [3.05, 3.63) is 144 Å². The van der Waals surface area contributed by atoms with Gasteiger partial charge in [-0.1, -0.05) is 109 Å². The molecule has 4 aliphatic rings. The molecule has 4 aromatic rings. The summed E-state index contributed by atoms with van der Waals surface area (Å²) in [5, 5.41) is 0. The van der Waals surface area contributed by atoms with Crippen LogP contribution >= 0.6 is 0 Å². The van der Waals surface area contributed by atoms with Gasteiger partial charge in [-0.3, -0.25) is 0 Å². The Morgan fingerprint density at radius 2 is 1.03 bits per heavy atom. The molecule has 4 fully saturated rings. The van der Waals surface area contributed by atoms with Gasteiger partial charge in [0.05, 0.1) is 38.6 Å². The molecule has 8 rings (SSSR count). The van der Waals surface area contributed by atoms with E-state index in [4.69, 9.17) is 52.1 Å². The van der Waals surface area contributed by atoms with E-state index in [1.165, 1.54) is 0 Å². The van der Waals surface area contributed by atoms with Crippen molar-refractivity contribution in [2.45, 2.75) is 121 Å². The summed E-state index contributed by atoms with van der Waals surface area (Å²) in [6.45, 7) is 8.26. The molecule has 0 aliphatic carbocycles. The molecule has 12 nitrogen and oxygen atoms in total. The maximum atomic E-state index is 13.9. The minimum absolute atomic E-state index is 0.0315. The Morgan fingerprint density at radius 3 is 1.66 bits per heavy atom. The first-order chi connectivity index (χ1) is 28.1. The van der Waals surface area contributed by atoms with Crippen LogP contribution in [0.2, 0.25) is 0 Å². The van der Waals surface area contributed by atoms with E-state index in [-0.39, 0.29) is 26.4 Å². The molecular weight excluding hydrogens is 744 g/mol. The number of benzene rings is 4. The number of fused-ring (bicyclic) bond motifs is 3. The first kappa shape index (κ1) is 40.7. The van der Waals surface area contributed by atoms with Crippen LogP contribution in [0.25, 0.3) is 0 Å². The van der Waals surface area contributed by atoms with Crippen molar-refractivity contribution in [2.24, 2.45) is 0 Å². The SMILES string of the molecule is CC1(C)O[C@H]2[C@@H](O1)[C@@H](CO[C@@H]1O[C@H](COCc3ccccc3)[C@@H](OCc3ccccc3)[C@H](OCc3ccccc3)[C@H]1OC(=O)c1ccccc1)O[C@@H]1OC(C)(C)O[C@@H]12. The van der Waals surface area contributed by atoms with E-state index >= 15 is 0 Å². The van der Waals surface area contributed by atoms with Crippen LogP contribution in [-0.2, 0) is 71.9 Å². The lowest BCUT2D eigenvalue weighted by atomic mass is 9.97. The van der Waals surface area contributed by atoms with E-state index in [9.17, 15) is 4.79 Å². The quantitative estimate of drug-likeness (QED) is 0.119. The predicted octanol–water partition coefficient (Wildman–Crippen LogP) is 6.74. The highest BCUT2D eigenvalue weighted by Gasteiger charge is 2.61. The largest absolute Gasteiger partial charge is 0.450 e. The van der Waals surface area contributed by atoms with Crippen molar-refractivity contribution in [1.29, 1.82) is 0 Å². The van der Waals surface area contributed by atoms with Gasteiger partial charge in [0.25, 0.3) is 0 Å². The van der Waals surface area contributed by atoms with E-state index in [0.717, 1.165) is 16.7 Å². The second-order valence-electron chi connectivity index (χ2n) is 15.8. The summed E-state index contributed by atoms with van der Waals surface area (Å²) in [6, 6.07) is 38.3. The molecule has 0 saturated carbocycles. The standard InChI is InChI=1S/C46H52O12/c1-45(2)55-37-35(53-44-41(39(37)56-45)57-46(3,4)58-44)29-51-43-40(54-42(47)33-23-15-8-16-24-33)38(50-27-32-21-13-7-14-22-32)36(49-26-31-19-11-6-12-20-31)34(52-43)28-48-25-30-17-9-5-10-18-30/h5-24,34-41,43-44H,25-29H2,1-4H3/t34-,35-,36-,37+,38+,39+,40-,41-,43-,44-/m1/s1. The summed E-state index contributed by atoms with van der Waals surface area (Å²) in [4.78, 5) is 13.9. The minimum atomic E-state index is -1.15. The summed E-state index contributed by atoms with van der Waals surface area (Å²) in [7, 11) is 0. The summed E-state index contributed by atoms with van der Waals surface area (Å²) in [5.41, 5.74) is 3.25. The van der Waals surface area contributed by atoms with Gasteiger partial charge in [0, 0.05) is 0 Å². The molecule has 58 heavy (non-hydrogen) atoms. The predicted molar refractivity (Wildman–Crippen MR) is 209 cm³/mol. The Hall–Kier alpha value is -4.05. The summed E-state index contributed by atoms with van der Waals surface area (Å²) < 4.78 is 71.3. The van der Waals surface area contributed by atoms with Gasteiger partial charge >= 0.3 is 5.97 Å². The van der Waals surface area contributed by atoms with E-state index in [0.29, 0.717) is 12.2 Å². The maximum absolute atomic E-state index is 13.9. The number of carbonyl (C=O) groups is 1. The normalized spacial score (nSPS) is 31.0. The van der Waals surface area contributed by atoms with Crippen LogP contribution in [-0.4, -0.2) is 92.2 Å². The average molecular weight is 797 g/mol. The zero-order valence-electron chi connectivity index (χ0n) is 33.3. The van der Waals surface area contributed by atoms with Crippen LogP contribution in [0.3, 0.4) is 0 Å². The molecule has 308 valence electrons. The first-order valence-electron chi connectivity index (χ1n) is 19.9. The molecule has 4 aliphatic heterocycles. The Kier molecular flexibility index (Phi) is 12.7. The smallest absolute Gasteiger partial charge is 0.338 e. The number of ether oxygens (including phenoxy) is 11. The molecule has 0 bridgehead atoms. The van der Waals surface area contributed by atoms with E-state index < -0.39 is 79.0 Å². The molecule has 10 atom stereocenters. The van der Waals surface area contributed by atoms with Gasteiger partial charge in [0.2, 0.25) is 0 Å². The van der Waals surface area contributed by atoms with Crippen LogP contribution in [0.4, 0.5) is 0 Å².